The maximum Gasteiger partial charge on any atom is 0.407 e. The number of nitrogens with two attached hydrogens (primary N) is 1. The van der Waals surface area contributed by atoms with Gasteiger partial charge in [-0.2, -0.15) is 0 Å². The minimum atomic E-state index is -0.534. The van der Waals surface area contributed by atoms with Crippen LogP contribution < -0.4 is 16.0 Å². The third-order valence-electron chi connectivity index (χ3n) is 3.65. The molecule has 1 aromatic rings. The van der Waals surface area contributed by atoms with Gasteiger partial charge in [-0.1, -0.05) is 15.9 Å². The number of nitrogens with one attached hydrogen (secondary N) is 1. The number of ether oxygens (including phenoxy) is 1. The molecule has 1 fully saturated rings. The van der Waals surface area contributed by atoms with Crippen molar-refractivity contribution in [1.29, 1.82) is 0 Å². The van der Waals surface area contributed by atoms with Gasteiger partial charge in [0, 0.05) is 11.0 Å². The number of nitrogens with zero attached hydrogens (tertiary/aromatic N) is 1. The number of aliphatic hydroxyl groups is 1. The molecule has 128 valence electrons. The quantitative estimate of drug-likeness (QED) is 0.695. The van der Waals surface area contributed by atoms with Crippen LogP contribution in [0, 0.1) is 0 Å². The molecule has 0 spiro atoms. The topological polar surface area (TPSA) is 87.8 Å². The number of hydrogen-bond donors (Lipinski definition) is 3. The van der Waals surface area contributed by atoms with Crippen molar-refractivity contribution in [3.8, 4) is 0 Å². The number of rotatable bonds is 3. The Morgan fingerprint density at radius 3 is 2.83 bits per heavy atom. The van der Waals surface area contributed by atoms with Crippen LogP contribution in [0.15, 0.2) is 22.7 Å². The summed E-state index contributed by atoms with van der Waals surface area (Å²) in [6, 6.07) is 5.43. The Kier molecular flexibility index (Phi) is 5.41. The van der Waals surface area contributed by atoms with E-state index in [0.29, 0.717) is 18.7 Å². The highest BCUT2D eigenvalue weighted by atomic mass is 79.9. The highest BCUT2D eigenvalue weighted by molar-refractivity contribution is 9.10. The van der Waals surface area contributed by atoms with Gasteiger partial charge in [0.2, 0.25) is 0 Å². The Morgan fingerprint density at radius 1 is 1.52 bits per heavy atom. The fourth-order valence-corrected chi connectivity index (χ4v) is 3.08. The van der Waals surface area contributed by atoms with Gasteiger partial charge in [0.25, 0.3) is 0 Å². The summed E-state index contributed by atoms with van der Waals surface area (Å²) in [4.78, 5) is 14.0. The third kappa shape index (κ3) is 4.75. The van der Waals surface area contributed by atoms with Crippen LogP contribution in [0.3, 0.4) is 0 Å². The number of benzene rings is 1. The van der Waals surface area contributed by atoms with Crippen LogP contribution in [-0.4, -0.2) is 42.0 Å². The van der Waals surface area contributed by atoms with E-state index in [1.807, 2.05) is 43.9 Å². The first-order valence-electron chi connectivity index (χ1n) is 7.61. The van der Waals surface area contributed by atoms with Crippen molar-refractivity contribution in [3.63, 3.8) is 0 Å². The summed E-state index contributed by atoms with van der Waals surface area (Å²) >= 11 is 3.44. The lowest BCUT2D eigenvalue weighted by Gasteiger charge is -2.26. The standard InChI is InChI=1S/C16H24BrN3O3/c1-16(2,3)23-15(22)19-11-7-12(9-21)20(8-11)14-6-10(17)4-5-13(14)18/h4-6,11-12,21H,7-9,18H2,1-3H3,(H,19,22)/t11-,12-/m0/s1. The first kappa shape index (κ1) is 17.9. The summed E-state index contributed by atoms with van der Waals surface area (Å²) in [5.41, 5.74) is 7.02. The number of nitrogen functional groups attached to an aromatic ring is 1. The van der Waals surface area contributed by atoms with Crippen molar-refractivity contribution in [2.75, 3.05) is 23.8 Å². The molecule has 1 amide bonds. The second kappa shape index (κ2) is 6.97. The van der Waals surface area contributed by atoms with Crippen LogP contribution in [0.4, 0.5) is 16.2 Å². The molecule has 6 nitrogen and oxygen atoms in total. The Bertz CT molecular complexity index is 574. The van der Waals surface area contributed by atoms with Crippen LogP contribution in [0.5, 0.6) is 0 Å². The largest absolute Gasteiger partial charge is 0.444 e. The van der Waals surface area contributed by atoms with E-state index in [2.05, 4.69) is 21.2 Å². The molecule has 23 heavy (non-hydrogen) atoms. The van der Waals surface area contributed by atoms with E-state index in [1.165, 1.54) is 0 Å². The van der Waals surface area contributed by atoms with Crippen LogP contribution >= 0.6 is 15.9 Å². The van der Waals surface area contributed by atoms with E-state index in [9.17, 15) is 9.90 Å². The van der Waals surface area contributed by atoms with Crippen LogP contribution in [0.1, 0.15) is 27.2 Å². The number of anilines is 2. The first-order chi connectivity index (χ1) is 10.7. The van der Waals surface area contributed by atoms with Crippen molar-refractivity contribution in [3.05, 3.63) is 22.7 Å². The van der Waals surface area contributed by atoms with E-state index in [-0.39, 0.29) is 18.7 Å². The molecule has 2 rings (SSSR count). The number of amides is 1. The fourth-order valence-electron chi connectivity index (χ4n) is 2.73. The SMILES string of the molecule is CC(C)(C)OC(=O)N[C@H]1C[C@@H](CO)N(c2cc(Br)ccc2N)C1. The molecule has 0 aliphatic carbocycles. The lowest BCUT2D eigenvalue weighted by atomic mass is 10.1. The fraction of sp³-hybridized carbons (Fsp3) is 0.562. The van der Waals surface area contributed by atoms with Crippen LogP contribution in [0.2, 0.25) is 0 Å². The molecule has 0 unspecified atom stereocenters. The molecule has 1 aliphatic heterocycles. The van der Waals surface area contributed by atoms with Gasteiger partial charge in [0.05, 0.1) is 30.1 Å². The molecule has 0 saturated carbocycles. The molecule has 1 aromatic carbocycles. The van der Waals surface area contributed by atoms with Gasteiger partial charge < -0.3 is 25.8 Å². The molecule has 2 atom stereocenters. The van der Waals surface area contributed by atoms with E-state index < -0.39 is 11.7 Å². The van der Waals surface area contributed by atoms with E-state index in [1.54, 1.807) is 0 Å². The number of aliphatic hydroxyl groups excluding tert-OH is 1. The Balaban J connectivity index is 2.08. The lowest BCUT2D eigenvalue weighted by molar-refractivity contribution is 0.0507. The summed E-state index contributed by atoms with van der Waals surface area (Å²) in [6.45, 7) is 6.05. The van der Waals surface area contributed by atoms with Gasteiger partial charge in [-0.3, -0.25) is 0 Å². The molecular formula is C16H24BrN3O3. The monoisotopic (exact) mass is 385 g/mol. The van der Waals surface area contributed by atoms with Crippen molar-refractivity contribution in [2.24, 2.45) is 0 Å². The first-order valence-corrected chi connectivity index (χ1v) is 8.41. The van der Waals surface area contributed by atoms with E-state index >= 15 is 0 Å². The summed E-state index contributed by atoms with van der Waals surface area (Å²) in [6.07, 6.45) is 0.199. The summed E-state index contributed by atoms with van der Waals surface area (Å²) in [7, 11) is 0. The smallest absolute Gasteiger partial charge is 0.407 e. The summed E-state index contributed by atoms with van der Waals surface area (Å²) in [5.74, 6) is 0. The highest BCUT2D eigenvalue weighted by Gasteiger charge is 2.34. The van der Waals surface area contributed by atoms with Gasteiger partial charge in [0.15, 0.2) is 0 Å². The van der Waals surface area contributed by atoms with Gasteiger partial charge in [-0.05, 0) is 45.4 Å². The third-order valence-corrected chi connectivity index (χ3v) is 4.14. The average molecular weight is 386 g/mol. The number of halogens is 1. The maximum atomic E-state index is 11.9. The molecule has 4 N–H and O–H groups in total. The van der Waals surface area contributed by atoms with Gasteiger partial charge in [0.1, 0.15) is 5.60 Å². The van der Waals surface area contributed by atoms with Crippen molar-refractivity contribution in [1.82, 2.24) is 5.32 Å². The molecule has 1 saturated heterocycles. The number of alkyl carbamates (subject to hydrolysis) is 1. The van der Waals surface area contributed by atoms with Crippen molar-refractivity contribution < 1.29 is 14.6 Å². The zero-order chi connectivity index (χ0) is 17.2. The van der Waals surface area contributed by atoms with Gasteiger partial charge in [-0.25, -0.2) is 4.79 Å². The molecule has 0 aromatic heterocycles. The molecule has 7 heteroatoms. The molecule has 0 bridgehead atoms. The second-order valence-corrected chi connectivity index (χ2v) is 7.69. The zero-order valence-corrected chi connectivity index (χ0v) is 15.3. The van der Waals surface area contributed by atoms with Crippen molar-refractivity contribution >= 4 is 33.4 Å². The Hall–Kier alpha value is -1.47. The van der Waals surface area contributed by atoms with Crippen LogP contribution in [-0.2, 0) is 4.74 Å². The zero-order valence-electron chi connectivity index (χ0n) is 13.7. The van der Waals surface area contributed by atoms with Crippen molar-refractivity contribution in [2.45, 2.75) is 44.9 Å². The summed E-state index contributed by atoms with van der Waals surface area (Å²) < 4.78 is 6.21. The minimum Gasteiger partial charge on any atom is -0.444 e. The lowest BCUT2D eigenvalue weighted by Crippen LogP contribution is -2.40. The average Bonchev–Trinajstić information content (AvgIpc) is 2.82. The predicted molar refractivity (Wildman–Crippen MR) is 94.5 cm³/mol. The Morgan fingerprint density at radius 2 is 2.22 bits per heavy atom. The second-order valence-electron chi connectivity index (χ2n) is 6.77. The molecule has 0 radical (unpaired) electrons. The molecular weight excluding hydrogens is 362 g/mol. The number of hydrogen-bond acceptors (Lipinski definition) is 5. The van der Waals surface area contributed by atoms with E-state index in [4.69, 9.17) is 10.5 Å². The number of carbonyl (C=O) groups is 1. The normalized spacial score (nSPS) is 21.3. The molecule has 1 aliphatic rings. The predicted octanol–water partition coefficient (Wildman–Crippen LogP) is 2.50. The van der Waals surface area contributed by atoms with E-state index in [0.717, 1.165) is 10.2 Å². The Labute approximate surface area is 145 Å². The van der Waals surface area contributed by atoms with Crippen LogP contribution in [0.25, 0.3) is 0 Å². The summed E-state index contributed by atoms with van der Waals surface area (Å²) in [5, 5.41) is 12.5. The number of carbonyl (C=O) groups excluding carboxylic acids is 1. The van der Waals surface area contributed by atoms with Gasteiger partial charge >= 0.3 is 6.09 Å². The van der Waals surface area contributed by atoms with Gasteiger partial charge in [-0.15, -0.1) is 0 Å². The maximum absolute atomic E-state index is 11.9. The molecule has 1 heterocycles. The highest BCUT2D eigenvalue weighted by Crippen LogP contribution is 2.32. The minimum absolute atomic E-state index is 0.00154.